The van der Waals surface area contributed by atoms with Gasteiger partial charge in [-0.1, -0.05) is 46.3 Å². The summed E-state index contributed by atoms with van der Waals surface area (Å²) in [4.78, 5) is 26.4. The fourth-order valence-corrected chi connectivity index (χ4v) is 3.06. The van der Waals surface area contributed by atoms with Crippen molar-refractivity contribution in [1.82, 2.24) is 5.32 Å². The zero-order valence-corrected chi connectivity index (χ0v) is 15.2. The van der Waals surface area contributed by atoms with E-state index in [2.05, 4.69) is 21.2 Å². The number of amides is 2. The highest BCUT2D eigenvalue weighted by Gasteiger charge is 2.31. The van der Waals surface area contributed by atoms with Crippen LogP contribution in [0.2, 0.25) is 0 Å². The largest absolute Gasteiger partial charge is 0.445 e. The third-order valence-electron chi connectivity index (χ3n) is 4.08. The van der Waals surface area contributed by atoms with Crippen LogP contribution in [0.5, 0.6) is 0 Å². The van der Waals surface area contributed by atoms with Crippen molar-refractivity contribution in [3.8, 4) is 0 Å². The Morgan fingerprint density at radius 3 is 2.60 bits per heavy atom. The number of alkyl carbamates (subject to hydrolysis) is 1. The van der Waals surface area contributed by atoms with Crippen LogP contribution in [0.3, 0.4) is 0 Å². The van der Waals surface area contributed by atoms with E-state index < -0.39 is 12.1 Å². The van der Waals surface area contributed by atoms with E-state index in [1.54, 1.807) is 4.90 Å². The summed E-state index contributed by atoms with van der Waals surface area (Å²) in [6.07, 6.45) is 0.873. The highest BCUT2D eigenvalue weighted by Crippen LogP contribution is 2.23. The molecule has 5 nitrogen and oxygen atoms in total. The van der Waals surface area contributed by atoms with Gasteiger partial charge in [0.25, 0.3) is 0 Å². The Morgan fingerprint density at radius 1 is 1.16 bits per heavy atom. The Kier molecular flexibility index (Phi) is 5.71. The second kappa shape index (κ2) is 8.16. The van der Waals surface area contributed by atoms with Gasteiger partial charge in [0.2, 0.25) is 5.91 Å². The van der Waals surface area contributed by atoms with E-state index in [1.165, 1.54) is 0 Å². The van der Waals surface area contributed by atoms with Crippen molar-refractivity contribution < 1.29 is 14.3 Å². The van der Waals surface area contributed by atoms with E-state index in [1.807, 2.05) is 54.6 Å². The van der Waals surface area contributed by atoms with Crippen molar-refractivity contribution in [3.05, 3.63) is 64.6 Å². The number of hydrogen-bond acceptors (Lipinski definition) is 3. The average molecular weight is 403 g/mol. The van der Waals surface area contributed by atoms with Gasteiger partial charge in [-0.2, -0.15) is 0 Å². The third-order valence-corrected chi connectivity index (χ3v) is 4.61. The third kappa shape index (κ3) is 4.60. The lowest BCUT2D eigenvalue weighted by atomic mass is 10.0. The van der Waals surface area contributed by atoms with E-state index in [0.29, 0.717) is 13.0 Å². The topological polar surface area (TPSA) is 58.6 Å². The van der Waals surface area contributed by atoms with Crippen molar-refractivity contribution in [2.45, 2.75) is 25.5 Å². The minimum Gasteiger partial charge on any atom is -0.445 e. The SMILES string of the molecule is O=C(NC1CCCN(c2ccc(Br)cc2)C1=O)OCc1ccccc1. The minimum absolute atomic E-state index is 0.106. The Bertz CT molecular complexity index is 734. The number of nitrogens with zero attached hydrogens (tertiary/aromatic N) is 1. The maximum Gasteiger partial charge on any atom is 0.408 e. The fraction of sp³-hybridized carbons (Fsp3) is 0.263. The lowest BCUT2D eigenvalue weighted by Crippen LogP contribution is -2.52. The molecule has 1 unspecified atom stereocenters. The Morgan fingerprint density at radius 2 is 1.88 bits per heavy atom. The Labute approximate surface area is 155 Å². The van der Waals surface area contributed by atoms with Gasteiger partial charge >= 0.3 is 6.09 Å². The van der Waals surface area contributed by atoms with Crippen LogP contribution in [-0.4, -0.2) is 24.6 Å². The molecule has 0 aromatic heterocycles. The molecule has 0 spiro atoms. The average Bonchev–Trinajstić information content (AvgIpc) is 2.63. The Balaban J connectivity index is 1.57. The van der Waals surface area contributed by atoms with Gasteiger partial charge in [-0.3, -0.25) is 4.79 Å². The maximum absolute atomic E-state index is 12.7. The van der Waals surface area contributed by atoms with Crippen LogP contribution in [0, 0.1) is 0 Å². The zero-order chi connectivity index (χ0) is 17.6. The smallest absolute Gasteiger partial charge is 0.408 e. The van der Waals surface area contributed by atoms with Crippen LogP contribution < -0.4 is 10.2 Å². The molecule has 2 aromatic rings. The molecule has 1 heterocycles. The molecule has 3 rings (SSSR count). The first-order valence-electron chi connectivity index (χ1n) is 8.17. The summed E-state index contributed by atoms with van der Waals surface area (Å²) in [5.41, 5.74) is 1.74. The zero-order valence-electron chi connectivity index (χ0n) is 13.7. The van der Waals surface area contributed by atoms with Gasteiger partial charge in [-0.25, -0.2) is 4.79 Å². The summed E-state index contributed by atoms with van der Waals surface area (Å²) in [5, 5.41) is 2.69. The summed E-state index contributed by atoms with van der Waals surface area (Å²) in [7, 11) is 0. The van der Waals surface area contributed by atoms with E-state index >= 15 is 0 Å². The van der Waals surface area contributed by atoms with Crippen LogP contribution in [0.25, 0.3) is 0 Å². The minimum atomic E-state index is -0.570. The molecule has 2 amide bonds. The molecule has 0 saturated carbocycles. The maximum atomic E-state index is 12.7. The lowest BCUT2D eigenvalue weighted by molar-refractivity contribution is -0.121. The lowest BCUT2D eigenvalue weighted by Gasteiger charge is -2.32. The molecule has 0 aliphatic carbocycles. The summed E-state index contributed by atoms with van der Waals surface area (Å²) in [6.45, 7) is 0.835. The first-order valence-corrected chi connectivity index (χ1v) is 8.97. The van der Waals surface area contributed by atoms with Crippen molar-refractivity contribution in [2.75, 3.05) is 11.4 Å². The van der Waals surface area contributed by atoms with Crippen LogP contribution in [0.4, 0.5) is 10.5 Å². The van der Waals surface area contributed by atoms with E-state index in [0.717, 1.165) is 22.1 Å². The van der Waals surface area contributed by atoms with Crippen molar-refractivity contribution in [3.63, 3.8) is 0 Å². The molecule has 1 fully saturated rings. The number of halogens is 1. The molecular weight excluding hydrogens is 384 g/mol. The van der Waals surface area contributed by atoms with Crippen LogP contribution in [0.1, 0.15) is 18.4 Å². The number of piperidine rings is 1. The second-order valence-corrected chi connectivity index (χ2v) is 6.78. The number of anilines is 1. The normalized spacial score (nSPS) is 17.2. The number of ether oxygens (including phenoxy) is 1. The van der Waals surface area contributed by atoms with E-state index in [9.17, 15) is 9.59 Å². The molecule has 6 heteroatoms. The monoisotopic (exact) mass is 402 g/mol. The molecule has 1 N–H and O–H groups in total. The van der Waals surface area contributed by atoms with E-state index in [-0.39, 0.29) is 12.5 Å². The van der Waals surface area contributed by atoms with Crippen molar-refractivity contribution >= 4 is 33.6 Å². The summed E-state index contributed by atoms with van der Waals surface area (Å²) in [6, 6.07) is 16.5. The van der Waals surface area contributed by atoms with Gasteiger partial charge in [0.05, 0.1) is 0 Å². The standard InChI is InChI=1S/C19H19BrN2O3/c20-15-8-10-16(11-9-15)22-12-4-7-17(18(22)23)21-19(24)25-13-14-5-2-1-3-6-14/h1-3,5-6,8-11,17H,4,7,12-13H2,(H,21,24). The van der Waals surface area contributed by atoms with E-state index in [4.69, 9.17) is 4.74 Å². The highest BCUT2D eigenvalue weighted by atomic mass is 79.9. The van der Waals surface area contributed by atoms with Gasteiger partial charge in [0, 0.05) is 16.7 Å². The molecule has 1 aliphatic rings. The number of carbonyl (C=O) groups excluding carboxylic acids is 2. The van der Waals surface area contributed by atoms with Gasteiger partial charge in [0.1, 0.15) is 12.6 Å². The predicted molar refractivity (Wildman–Crippen MR) is 99.3 cm³/mol. The number of benzene rings is 2. The molecule has 2 aromatic carbocycles. The molecule has 1 atom stereocenters. The molecule has 0 radical (unpaired) electrons. The van der Waals surface area contributed by atoms with Crippen LogP contribution in [-0.2, 0) is 16.1 Å². The molecule has 0 bridgehead atoms. The number of nitrogens with one attached hydrogen (secondary N) is 1. The van der Waals surface area contributed by atoms with Crippen molar-refractivity contribution in [1.29, 1.82) is 0 Å². The molecule has 130 valence electrons. The second-order valence-electron chi connectivity index (χ2n) is 5.87. The van der Waals surface area contributed by atoms with Crippen molar-refractivity contribution in [2.24, 2.45) is 0 Å². The number of rotatable bonds is 4. The van der Waals surface area contributed by atoms with Gasteiger partial charge < -0.3 is 15.0 Å². The number of carbonyl (C=O) groups is 2. The molecule has 1 saturated heterocycles. The first-order chi connectivity index (χ1) is 12.1. The van der Waals surface area contributed by atoms with Gasteiger partial charge in [-0.15, -0.1) is 0 Å². The molecule has 25 heavy (non-hydrogen) atoms. The van der Waals surface area contributed by atoms with Gasteiger partial charge in [0.15, 0.2) is 0 Å². The predicted octanol–water partition coefficient (Wildman–Crippen LogP) is 3.87. The first kappa shape index (κ1) is 17.5. The summed E-state index contributed by atoms with van der Waals surface area (Å²) in [5.74, 6) is -0.106. The quantitative estimate of drug-likeness (QED) is 0.843. The fourth-order valence-electron chi connectivity index (χ4n) is 2.79. The molecule has 1 aliphatic heterocycles. The Hall–Kier alpha value is -2.34. The molecular formula is C19H19BrN2O3. The van der Waals surface area contributed by atoms with Gasteiger partial charge in [-0.05, 0) is 42.7 Å². The number of hydrogen-bond donors (Lipinski definition) is 1. The highest BCUT2D eigenvalue weighted by molar-refractivity contribution is 9.10. The summed E-state index contributed by atoms with van der Waals surface area (Å²) >= 11 is 3.39. The summed E-state index contributed by atoms with van der Waals surface area (Å²) < 4.78 is 6.17. The van der Waals surface area contributed by atoms with Crippen LogP contribution >= 0.6 is 15.9 Å². The van der Waals surface area contributed by atoms with Crippen LogP contribution in [0.15, 0.2) is 59.1 Å².